The van der Waals surface area contributed by atoms with Crippen molar-refractivity contribution in [1.82, 2.24) is 24.6 Å². The number of hydrogen-bond acceptors (Lipinski definition) is 6. The zero-order valence-electron chi connectivity index (χ0n) is 20.2. The third kappa shape index (κ3) is 4.47. The first-order valence-electron chi connectivity index (χ1n) is 12.1. The molecule has 8 nitrogen and oxygen atoms in total. The summed E-state index contributed by atoms with van der Waals surface area (Å²) in [5.74, 6) is -0.549. The summed E-state index contributed by atoms with van der Waals surface area (Å²) < 4.78 is 1.84. The van der Waals surface area contributed by atoms with E-state index in [4.69, 9.17) is 33.3 Å². The molecule has 2 aliphatic rings. The van der Waals surface area contributed by atoms with Crippen molar-refractivity contribution in [3.05, 3.63) is 45.7 Å². The zero-order chi connectivity index (χ0) is 24.9. The van der Waals surface area contributed by atoms with E-state index in [1.165, 1.54) is 0 Å². The zero-order valence-corrected chi connectivity index (χ0v) is 21.7. The summed E-state index contributed by atoms with van der Waals surface area (Å²) in [5, 5.41) is 15.9. The molecule has 0 aliphatic carbocycles. The van der Waals surface area contributed by atoms with Gasteiger partial charge in [0, 0.05) is 35.2 Å². The lowest BCUT2D eigenvalue weighted by Crippen LogP contribution is -2.54. The van der Waals surface area contributed by atoms with Crippen LogP contribution < -0.4 is 4.90 Å². The lowest BCUT2D eigenvalue weighted by atomic mass is 9.90. The van der Waals surface area contributed by atoms with Crippen molar-refractivity contribution in [2.24, 2.45) is 5.92 Å². The van der Waals surface area contributed by atoms with Crippen LogP contribution in [0.2, 0.25) is 10.0 Å². The summed E-state index contributed by atoms with van der Waals surface area (Å²) in [6.07, 6.45) is 4.79. The van der Waals surface area contributed by atoms with Crippen LogP contribution in [-0.4, -0.2) is 67.4 Å². The lowest BCUT2D eigenvalue weighted by Gasteiger charge is -2.42. The molecule has 0 amide bonds. The minimum Gasteiger partial charge on any atom is -0.481 e. The van der Waals surface area contributed by atoms with Gasteiger partial charge in [0.1, 0.15) is 11.3 Å². The van der Waals surface area contributed by atoms with E-state index in [9.17, 15) is 9.90 Å². The van der Waals surface area contributed by atoms with Crippen LogP contribution in [0, 0.1) is 12.8 Å². The molecule has 0 radical (unpaired) electrons. The van der Waals surface area contributed by atoms with Gasteiger partial charge in [0.05, 0.1) is 23.9 Å². The quantitative estimate of drug-likeness (QED) is 0.520. The molecule has 0 spiro atoms. The molecule has 4 heterocycles. The van der Waals surface area contributed by atoms with Crippen molar-refractivity contribution in [2.45, 2.75) is 58.2 Å². The van der Waals surface area contributed by atoms with Gasteiger partial charge in [-0.05, 0) is 64.3 Å². The number of carboxylic acid groups (broad SMARTS) is 1. The predicted molar refractivity (Wildman–Crippen MR) is 137 cm³/mol. The summed E-state index contributed by atoms with van der Waals surface area (Å²) in [4.78, 5) is 26.3. The maximum Gasteiger partial charge on any atom is 0.309 e. The number of rotatable bonds is 5. The minimum absolute atomic E-state index is 0.0535. The van der Waals surface area contributed by atoms with Crippen LogP contribution in [0.1, 0.15) is 50.4 Å². The summed E-state index contributed by atoms with van der Waals surface area (Å²) in [7, 11) is 0. The standard InChI is InChI=1S/C25H30Cl2N6O2/c1-14-5-4-9-32(14)21-8-10-31(13-19(21)25(34)35)22-12-28-23-15(2)30-33(24(23)29-22)16(3)18-7-6-17(26)11-20(18)27/h6-7,11-12,14,16,19,21H,4-5,8-10,13H2,1-3H3,(H,34,35)/t14-,16?,19-,21+/m1/s1. The molecule has 1 unspecified atom stereocenters. The van der Waals surface area contributed by atoms with Gasteiger partial charge in [-0.1, -0.05) is 29.3 Å². The van der Waals surface area contributed by atoms with Crippen LogP contribution in [0.5, 0.6) is 0 Å². The SMILES string of the molecule is Cc1nn(C(C)c2ccc(Cl)cc2Cl)c2nc(N3CC[C@H](N4CCC[C@H]4C)[C@H](C(=O)O)C3)cnc12. The third-order valence-corrected chi connectivity index (χ3v) is 8.15. The smallest absolute Gasteiger partial charge is 0.309 e. The summed E-state index contributed by atoms with van der Waals surface area (Å²) in [6, 6.07) is 5.74. The number of aliphatic carboxylic acids is 1. The Hall–Kier alpha value is -2.42. The number of carboxylic acids is 1. The van der Waals surface area contributed by atoms with Crippen molar-refractivity contribution in [3.63, 3.8) is 0 Å². The van der Waals surface area contributed by atoms with Crippen molar-refractivity contribution in [2.75, 3.05) is 24.5 Å². The van der Waals surface area contributed by atoms with Crippen LogP contribution in [0.4, 0.5) is 5.82 Å². The number of aromatic nitrogens is 4. The number of aryl methyl sites for hydroxylation is 1. The highest BCUT2D eigenvalue weighted by Gasteiger charge is 2.41. The Morgan fingerprint density at radius 2 is 2.03 bits per heavy atom. The second-order valence-electron chi connectivity index (χ2n) is 9.75. The topological polar surface area (TPSA) is 87.4 Å². The molecule has 35 heavy (non-hydrogen) atoms. The Morgan fingerprint density at radius 1 is 1.23 bits per heavy atom. The molecular weight excluding hydrogens is 487 g/mol. The third-order valence-electron chi connectivity index (χ3n) is 7.59. The van der Waals surface area contributed by atoms with Crippen LogP contribution >= 0.6 is 23.2 Å². The average Bonchev–Trinajstić information content (AvgIpc) is 3.40. The average molecular weight is 517 g/mol. The number of fused-ring (bicyclic) bond motifs is 1. The summed E-state index contributed by atoms with van der Waals surface area (Å²) in [6.45, 7) is 8.25. The van der Waals surface area contributed by atoms with E-state index in [1.54, 1.807) is 12.3 Å². The fraction of sp³-hybridized carbons (Fsp3) is 0.520. The molecular formula is C25H30Cl2N6O2. The number of hydrogen-bond donors (Lipinski definition) is 1. The Balaban J connectivity index is 1.46. The number of carbonyl (C=O) groups is 1. The van der Waals surface area contributed by atoms with Gasteiger partial charge in [0.2, 0.25) is 0 Å². The molecule has 0 bridgehead atoms. The second kappa shape index (κ2) is 9.56. The lowest BCUT2D eigenvalue weighted by molar-refractivity contribution is -0.144. The highest BCUT2D eigenvalue weighted by atomic mass is 35.5. The van der Waals surface area contributed by atoms with E-state index < -0.39 is 11.9 Å². The molecule has 0 saturated carbocycles. The monoisotopic (exact) mass is 516 g/mol. The minimum atomic E-state index is -0.750. The van der Waals surface area contributed by atoms with E-state index in [0.717, 1.165) is 49.1 Å². The largest absolute Gasteiger partial charge is 0.481 e. The van der Waals surface area contributed by atoms with E-state index in [-0.39, 0.29) is 12.1 Å². The molecule has 5 rings (SSSR count). The Labute approximate surface area is 214 Å². The molecule has 1 aromatic carbocycles. The molecule has 3 aromatic rings. The molecule has 2 aliphatic heterocycles. The molecule has 1 N–H and O–H groups in total. The molecule has 2 aromatic heterocycles. The van der Waals surface area contributed by atoms with Gasteiger partial charge in [-0.2, -0.15) is 5.10 Å². The normalized spacial score (nSPS) is 24.3. The number of nitrogens with zero attached hydrogens (tertiary/aromatic N) is 6. The molecule has 2 saturated heterocycles. The van der Waals surface area contributed by atoms with Crippen LogP contribution in [0.15, 0.2) is 24.4 Å². The van der Waals surface area contributed by atoms with Gasteiger partial charge in [-0.15, -0.1) is 0 Å². The van der Waals surface area contributed by atoms with Crippen molar-refractivity contribution in [1.29, 1.82) is 0 Å². The van der Waals surface area contributed by atoms with Gasteiger partial charge in [-0.25, -0.2) is 14.6 Å². The fourth-order valence-corrected chi connectivity index (χ4v) is 6.24. The van der Waals surface area contributed by atoms with Crippen molar-refractivity contribution in [3.8, 4) is 0 Å². The molecule has 4 atom stereocenters. The fourth-order valence-electron chi connectivity index (χ4n) is 5.67. The van der Waals surface area contributed by atoms with Gasteiger partial charge >= 0.3 is 5.97 Å². The maximum atomic E-state index is 12.3. The van der Waals surface area contributed by atoms with Gasteiger partial charge < -0.3 is 10.0 Å². The van der Waals surface area contributed by atoms with Gasteiger partial charge in [0.15, 0.2) is 5.65 Å². The number of benzene rings is 1. The van der Waals surface area contributed by atoms with E-state index in [2.05, 4.69) is 21.7 Å². The van der Waals surface area contributed by atoms with Crippen LogP contribution in [0.25, 0.3) is 11.2 Å². The maximum absolute atomic E-state index is 12.3. The summed E-state index contributed by atoms with van der Waals surface area (Å²) >= 11 is 12.6. The van der Waals surface area contributed by atoms with Crippen molar-refractivity contribution >= 4 is 46.2 Å². The first kappa shape index (κ1) is 24.3. The first-order chi connectivity index (χ1) is 16.7. The Kier molecular flexibility index (Phi) is 6.63. The number of likely N-dealkylation sites (tertiary alicyclic amines) is 1. The highest BCUT2D eigenvalue weighted by Crippen LogP contribution is 2.33. The van der Waals surface area contributed by atoms with E-state index in [0.29, 0.717) is 34.1 Å². The van der Waals surface area contributed by atoms with Crippen LogP contribution in [0.3, 0.4) is 0 Å². The molecule has 186 valence electrons. The molecule has 10 heteroatoms. The number of halogens is 2. The van der Waals surface area contributed by atoms with Crippen LogP contribution in [-0.2, 0) is 4.79 Å². The summed E-state index contributed by atoms with van der Waals surface area (Å²) in [5.41, 5.74) is 3.04. The van der Waals surface area contributed by atoms with E-state index >= 15 is 0 Å². The van der Waals surface area contributed by atoms with Gasteiger partial charge in [0.25, 0.3) is 0 Å². The number of piperidine rings is 1. The molecule has 2 fully saturated rings. The van der Waals surface area contributed by atoms with Crippen molar-refractivity contribution < 1.29 is 9.90 Å². The second-order valence-corrected chi connectivity index (χ2v) is 10.6. The Morgan fingerprint density at radius 3 is 2.71 bits per heavy atom. The first-order valence-corrected chi connectivity index (χ1v) is 12.9. The van der Waals surface area contributed by atoms with Gasteiger partial charge in [-0.3, -0.25) is 9.69 Å². The highest BCUT2D eigenvalue weighted by molar-refractivity contribution is 6.35. The van der Waals surface area contributed by atoms with E-state index in [1.807, 2.05) is 30.7 Å². The number of anilines is 1. The Bertz CT molecular complexity index is 1260. The predicted octanol–water partition coefficient (Wildman–Crippen LogP) is 4.81.